The Kier molecular flexibility index (Phi) is 6.73. The summed E-state index contributed by atoms with van der Waals surface area (Å²) in [5, 5.41) is 13.0. The van der Waals surface area contributed by atoms with Crippen molar-refractivity contribution in [2.45, 2.75) is 6.61 Å². The van der Waals surface area contributed by atoms with E-state index in [1.807, 2.05) is 41.2 Å². The van der Waals surface area contributed by atoms with E-state index in [-0.39, 0.29) is 18.3 Å². The van der Waals surface area contributed by atoms with E-state index in [2.05, 4.69) is 10.5 Å². The Bertz CT molecular complexity index is 1320. The third-order valence-electron chi connectivity index (χ3n) is 4.82. The molecule has 0 bridgehead atoms. The number of aromatic nitrogens is 1. The number of benzene rings is 2. The Hall–Kier alpha value is -4.79. The fourth-order valence-electron chi connectivity index (χ4n) is 3.15. The van der Waals surface area contributed by atoms with Crippen LogP contribution in [0.4, 0.5) is 0 Å². The molecule has 9 heteroatoms. The molecule has 0 aliphatic heterocycles. The third-order valence-corrected chi connectivity index (χ3v) is 4.82. The molecule has 2 aromatic carbocycles. The van der Waals surface area contributed by atoms with Crippen LogP contribution >= 0.6 is 0 Å². The molecule has 2 N–H and O–H groups in total. The summed E-state index contributed by atoms with van der Waals surface area (Å²) in [6.45, 7) is 0.0369. The number of amides is 1. The Morgan fingerprint density at radius 2 is 1.88 bits per heavy atom. The fraction of sp³-hybridized carbons (Fsp3) is 0.0800. The molecule has 34 heavy (non-hydrogen) atoms. The van der Waals surface area contributed by atoms with Crippen molar-refractivity contribution in [2.75, 3.05) is 7.11 Å². The van der Waals surface area contributed by atoms with Crippen molar-refractivity contribution in [3.05, 3.63) is 102 Å². The number of methoxy groups -OCH3 is 1. The molecule has 0 spiro atoms. The van der Waals surface area contributed by atoms with Crippen molar-refractivity contribution in [3.8, 4) is 17.2 Å². The van der Waals surface area contributed by atoms with Gasteiger partial charge in [0.2, 0.25) is 5.76 Å². The van der Waals surface area contributed by atoms with Gasteiger partial charge in [0.05, 0.1) is 13.3 Å². The van der Waals surface area contributed by atoms with Crippen LogP contribution in [0.25, 0.3) is 5.69 Å². The Labute approximate surface area is 194 Å². The van der Waals surface area contributed by atoms with Crippen molar-refractivity contribution < 1.29 is 28.6 Å². The van der Waals surface area contributed by atoms with Crippen LogP contribution in [0.3, 0.4) is 0 Å². The zero-order valence-electron chi connectivity index (χ0n) is 18.2. The van der Waals surface area contributed by atoms with Crippen LogP contribution in [0.5, 0.6) is 11.5 Å². The van der Waals surface area contributed by atoms with Gasteiger partial charge in [0.1, 0.15) is 12.4 Å². The molecule has 0 aliphatic carbocycles. The van der Waals surface area contributed by atoms with E-state index in [0.29, 0.717) is 28.4 Å². The molecule has 0 radical (unpaired) electrons. The van der Waals surface area contributed by atoms with E-state index in [0.717, 1.165) is 5.69 Å². The molecule has 2 heterocycles. The number of hydrogen-bond acceptors (Lipinski definition) is 6. The van der Waals surface area contributed by atoms with Crippen LogP contribution < -0.4 is 14.9 Å². The van der Waals surface area contributed by atoms with Gasteiger partial charge in [-0.2, -0.15) is 5.10 Å². The number of aromatic carboxylic acids is 1. The molecule has 0 atom stereocenters. The number of furan rings is 1. The molecule has 1 amide bonds. The van der Waals surface area contributed by atoms with E-state index < -0.39 is 5.97 Å². The number of carbonyl (C=O) groups excluding carboxylic acids is 1. The van der Waals surface area contributed by atoms with Crippen molar-refractivity contribution in [2.24, 2.45) is 5.10 Å². The van der Waals surface area contributed by atoms with Gasteiger partial charge in [0.25, 0.3) is 5.91 Å². The maximum atomic E-state index is 12.5. The maximum Gasteiger partial charge on any atom is 0.371 e. The second kappa shape index (κ2) is 10.2. The van der Waals surface area contributed by atoms with Gasteiger partial charge in [-0.05, 0) is 66.2 Å². The smallest absolute Gasteiger partial charge is 0.371 e. The summed E-state index contributed by atoms with van der Waals surface area (Å²) in [6, 6.07) is 19.1. The first-order chi connectivity index (χ1) is 16.5. The van der Waals surface area contributed by atoms with Gasteiger partial charge in [0, 0.05) is 23.6 Å². The standard InChI is InChI=1S/C25H21N3O6/c1-32-23-13-17(7-9-21(23)33-16-20-8-10-22(34-20)25(30)31)15-26-27-24(29)18-5-4-6-19(14-18)28-11-2-3-12-28/h2-15H,16H2,1H3,(H,27,29)(H,30,31)/b26-15+. The molecule has 0 unspecified atom stereocenters. The van der Waals surface area contributed by atoms with Gasteiger partial charge in [-0.25, -0.2) is 10.2 Å². The average Bonchev–Trinajstić information content (AvgIpc) is 3.56. The lowest BCUT2D eigenvalue weighted by Crippen LogP contribution is -2.17. The number of ether oxygens (including phenoxy) is 2. The molecule has 4 rings (SSSR count). The largest absolute Gasteiger partial charge is 0.493 e. The van der Waals surface area contributed by atoms with Crippen LogP contribution in [-0.2, 0) is 6.61 Å². The van der Waals surface area contributed by atoms with E-state index >= 15 is 0 Å². The molecule has 0 saturated carbocycles. The van der Waals surface area contributed by atoms with Crippen LogP contribution in [0.1, 0.15) is 32.2 Å². The first kappa shape index (κ1) is 22.4. The summed E-state index contributed by atoms with van der Waals surface area (Å²) in [5.74, 6) is -0.382. The van der Waals surface area contributed by atoms with Gasteiger partial charge >= 0.3 is 5.97 Å². The lowest BCUT2D eigenvalue weighted by atomic mass is 10.2. The average molecular weight is 459 g/mol. The number of nitrogens with one attached hydrogen (secondary N) is 1. The minimum atomic E-state index is -1.15. The minimum Gasteiger partial charge on any atom is -0.493 e. The van der Waals surface area contributed by atoms with Crippen molar-refractivity contribution >= 4 is 18.1 Å². The second-order valence-electron chi connectivity index (χ2n) is 7.11. The highest BCUT2D eigenvalue weighted by atomic mass is 16.5. The zero-order valence-corrected chi connectivity index (χ0v) is 18.2. The molecule has 0 saturated heterocycles. The molecular weight excluding hydrogens is 438 g/mol. The summed E-state index contributed by atoms with van der Waals surface area (Å²) >= 11 is 0. The molecule has 0 aliphatic rings. The summed E-state index contributed by atoms with van der Waals surface area (Å²) in [4.78, 5) is 23.4. The number of rotatable bonds is 9. The van der Waals surface area contributed by atoms with Crippen LogP contribution in [0.2, 0.25) is 0 Å². The first-order valence-corrected chi connectivity index (χ1v) is 10.2. The molecule has 172 valence electrons. The lowest BCUT2D eigenvalue weighted by molar-refractivity contribution is 0.0657. The van der Waals surface area contributed by atoms with Crippen LogP contribution in [-0.4, -0.2) is 34.9 Å². The van der Waals surface area contributed by atoms with Gasteiger partial charge in [0.15, 0.2) is 11.5 Å². The van der Waals surface area contributed by atoms with Crippen molar-refractivity contribution in [1.82, 2.24) is 9.99 Å². The second-order valence-corrected chi connectivity index (χ2v) is 7.11. The first-order valence-electron chi connectivity index (χ1n) is 10.2. The van der Waals surface area contributed by atoms with Crippen LogP contribution in [0.15, 0.2) is 88.6 Å². The molecule has 9 nitrogen and oxygen atoms in total. The molecule has 2 aromatic heterocycles. The van der Waals surface area contributed by atoms with Gasteiger partial charge in [-0.15, -0.1) is 0 Å². The lowest BCUT2D eigenvalue weighted by Gasteiger charge is -2.10. The summed E-state index contributed by atoms with van der Waals surface area (Å²) in [6.07, 6.45) is 5.29. The highest BCUT2D eigenvalue weighted by Gasteiger charge is 2.11. The van der Waals surface area contributed by atoms with Crippen molar-refractivity contribution in [3.63, 3.8) is 0 Å². The Balaban J connectivity index is 1.38. The van der Waals surface area contributed by atoms with Crippen LogP contribution in [0, 0.1) is 0 Å². The predicted molar refractivity (Wildman–Crippen MR) is 124 cm³/mol. The Morgan fingerprint density at radius 3 is 2.62 bits per heavy atom. The number of carboxylic acids is 1. The van der Waals surface area contributed by atoms with E-state index in [1.165, 1.54) is 25.5 Å². The Morgan fingerprint density at radius 1 is 1.06 bits per heavy atom. The normalized spacial score (nSPS) is 10.9. The van der Waals surface area contributed by atoms with Gasteiger partial charge < -0.3 is 23.6 Å². The van der Waals surface area contributed by atoms with E-state index in [1.54, 1.807) is 30.3 Å². The van der Waals surface area contributed by atoms with E-state index in [4.69, 9.17) is 19.0 Å². The monoisotopic (exact) mass is 459 g/mol. The molecule has 4 aromatic rings. The van der Waals surface area contributed by atoms with Gasteiger partial charge in [-0.1, -0.05) is 6.07 Å². The zero-order chi connectivity index (χ0) is 23.9. The summed E-state index contributed by atoms with van der Waals surface area (Å²) in [5.41, 5.74) is 4.55. The fourth-order valence-corrected chi connectivity index (χ4v) is 3.15. The predicted octanol–water partition coefficient (Wildman–Crippen LogP) is 4.12. The quantitative estimate of drug-likeness (QED) is 0.287. The highest BCUT2D eigenvalue weighted by molar-refractivity contribution is 5.95. The number of hydrazone groups is 1. The third kappa shape index (κ3) is 5.33. The van der Waals surface area contributed by atoms with E-state index in [9.17, 15) is 9.59 Å². The number of carbonyl (C=O) groups is 2. The molecule has 0 fully saturated rings. The maximum absolute atomic E-state index is 12.5. The number of nitrogens with zero attached hydrogens (tertiary/aromatic N) is 2. The van der Waals surface area contributed by atoms with Crippen molar-refractivity contribution in [1.29, 1.82) is 0 Å². The summed E-state index contributed by atoms with van der Waals surface area (Å²) in [7, 11) is 1.50. The van der Waals surface area contributed by atoms with Gasteiger partial charge in [-0.3, -0.25) is 4.79 Å². The minimum absolute atomic E-state index is 0.0369. The number of hydrogen-bond donors (Lipinski definition) is 2. The topological polar surface area (TPSA) is 115 Å². The SMILES string of the molecule is COc1cc(/C=N/NC(=O)c2cccc(-n3cccc3)c2)ccc1OCc1ccc(C(=O)O)o1. The molecular formula is C25H21N3O6. The summed E-state index contributed by atoms with van der Waals surface area (Å²) < 4.78 is 18.1. The number of carboxylic acid groups (broad SMARTS) is 1. The highest BCUT2D eigenvalue weighted by Crippen LogP contribution is 2.28.